The smallest absolute Gasteiger partial charge is 0.213 e. The topological polar surface area (TPSA) is 73.9 Å². The summed E-state index contributed by atoms with van der Waals surface area (Å²) in [6, 6.07) is 9.53. The van der Waals surface area contributed by atoms with Crippen LogP contribution in [0.15, 0.2) is 48.9 Å². The van der Waals surface area contributed by atoms with Gasteiger partial charge in [0.2, 0.25) is 5.78 Å². The van der Waals surface area contributed by atoms with Crippen molar-refractivity contribution in [2.24, 2.45) is 0 Å². The van der Waals surface area contributed by atoms with Crippen LogP contribution in [0.3, 0.4) is 0 Å². The summed E-state index contributed by atoms with van der Waals surface area (Å²) in [5, 5.41) is 3.39. The SMILES string of the molecule is Cc1ncc(-c2cc[nH]c2)cc1C(=O)c1cccc(N2CCCNCC2)n1. The summed E-state index contributed by atoms with van der Waals surface area (Å²) < 4.78 is 0. The number of ketones is 1. The van der Waals surface area contributed by atoms with Gasteiger partial charge in [-0.1, -0.05) is 6.07 Å². The van der Waals surface area contributed by atoms with Crippen LogP contribution >= 0.6 is 0 Å². The van der Waals surface area contributed by atoms with Crippen molar-refractivity contribution in [1.82, 2.24) is 20.3 Å². The van der Waals surface area contributed by atoms with Crippen LogP contribution in [0.25, 0.3) is 11.1 Å². The zero-order valence-corrected chi connectivity index (χ0v) is 15.4. The Morgan fingerprint density at radius 1 is 1.15 bits per heavy atom. The fourth-order valence-electron chi connectivity index (χ4n) is 3.36. The Balaban J connectivity index is 1.65. The van der Waals surface area contributed by atoms with E-state index in [2.05, 4.69) is 25.2 Å². The standard InChI is InChI=1S/C21H23N5O/c1-15-18(12-17(14-24-15)16-6-8-23-13-16)21(27)19-4-2-5-20(25-19)26-10-3-7-22-9-11-26/h2,4-6,8,12-14,22-23H,3,7,9-11H2,1H3. The number of anilines is 1. The summed E-state index contributed by atoms with van der Waals surface area (Å²) in [7, 11) is 0. The Morgan fingerprint density at radius 3 is 2.93 bits per heavy atom. The van der Waals surface area contributed by atoms with Gasteiger partial charge in [-0.05, 0) is 44.2 Å². The zero-order valence-electron chi connectivity index (χ0n) is 15.4. The lowest BCUT2D eigenvalue weighted by Gasteiger charge is -2.21. The van der Waals surface area contributed by atoms with Gasteiger partial charge in [-0.2, -0.15) is 0 Å². The van der Waals surface area contributed by atoms with E-state index in [1.165, 1.54) is 0 Å². The summed E-state index contributed by atoms with van der Waals surface area (Å²) in [4.78, 5) is 27.5. The predicted molar refractivity (Wildman–Crippen MR) is 106 cm³/mol. The number of hydrogen-bond acceptors (Lipinski definition) is 5. The second-order valence-corrected chi connectivity index (χ2v) is 6.76. The number of rotatable bonds is 4. The molecule has 3 aromatic heterocycles. The highest BCUT2D eigenvalue weighted by molar-refractivity contribution is 6.09. The molecule has 1 saturated heterocycles. The van der Waals surface area contributed by atoms with Gasteiger partial charge in [-0.25, -0.2) is 4.98 Å². The van der Waals surface area contributed by atoms with E-state index in [4.69, 9.17) is 0 Å². The molecule has 1 aliphatic heterocycles. The molecule has 3 aromatic rings. The monoisotopic (exact) mass is 361 g/mol. The Bertz CT molecular complexity index is 928. The van der Waals surface area contributed by atoms with Gasteiger partial charge in [0.05, 0.1) is 0 Å². The van der Waals surface area contributed by atoms with Crippen LogP contribution in [0.1, 0.15) is 28.2 Å². The third-order valence-electron chi connectivity index (χ3n) is 4.89. The van der Waals surface area contributed by atoms with Gasteiger partial charge in [-0.15, -0.1) is 0 Å². The van der Waals surface area contributed by atoms with E-state index >= 15 is 0 Å². The van der Waals surface area contributed by atoms with E-state index in [9.17, 15) is 4.79 Å². The third-order valence-corrected chi connectivity index (χ3v) is 4.89. The van der Waals surface area contributed by atoms with E-state index in [-0.39, 0.29) is 5.78 Å². The lowest BCUT2D eigenvalue weighted by atomic mass is 10.0. The normalized spacial score (nSPS) is 14.8. The number of H-pyrrole nitrogens is 1. The molecule has 1 fully saturated rings. The molecule has 0 amide bonds. The number of carbonyl (C=O) groups is 1. The molecule has 6 heteroatoms. The molecular formula is C21H23N5O. The van der Waals surface area contributed by atoms with Crippen LogP contribution in [0.2, 0.25) is 0 Å². The van der Waals surface area contributed by atoms with Crippen LogP contribution in [0.4, 0.5) is 5.82 Å². The predicted octanol–water partition coefficient (Wildman–Crippen LogP) is 2.81. The molecule has 1 aliphatic rings. The minimum Gasteiger partial charge on any atom is -0.367 e. The first-order chi connectivity index (χ1) is 13.2. The second kappa shape index (κ2) is 7.72. The number of nitrogens with one attached hydrogen (secondary N) is 2. The van der Waals surface area contributed by atoms with Crippen LogP contribution in [0, 0.1) is 6.92 Å². The number of pyridine rings is 2. The first kappa shape index (κ1) is 17.4. The number of aromatic amines is 1. The minimum atomic E-state index is -0.0906. The van der Waals surface area contributed by atoms with Crippen LogP contribution in [0.5, 0.6) is 0 Å². The fraction of sp³-hybridized carbons (Fsp3) is 0.286. The average molecular weight is 361 g/mol. The quantitative estimate of drug-likeness (QED) is 0.699. The van der Waals surface area contributed by atoms with E-state index in [0.29, 0.717) is 17.0 Å². The fourth-order valence-corrected chi connectivity index (χ4v) is 3.36. The molecule has 0 spiro atoms. The van der Waals surface area contributed by atoms with E-state index < -0.39 is 0 Å². The molecule has 4 heterocycles. The lowest BCUT2D eigenvalue weighted by Crippen LogP contribution is -2.29. The number of aromatic nitrogens is 3. The summed E-state index contributed by atoms with van der Waals surface area (Å²) >= 11 is 0. The van der Waals surface area contributed by atoms with Crippen molar-refractivity contribution >= 4 is 11.6 Å². The number of aryl methyl sites for hydroxylation is 1. The van der Waals surface area contributed by atoms with Crippen molar-refractivity contribution in [3.05, 3.63) is 65.9 Å². The molecule has 4 rings (SSSR count). The first-order valence-electron chi connectivity index (χ1n) is 9.29. The van der Waals surface area contributed by atoms with Gasteiger partial charge >= 0.3 is 0 Å². The molecule has 0 aliphatic carbocycles. The largest absolute Gasteiger partial charge is 0.367 e. The van der Waals surface area contributed by atoms with Crippen molar-refractivity contribution in [3.8, 4) is 11.1 Å². The molecule has 0 radical (unpaired) electrons. The Kier molecular flexibility index (Phi) is 4.98. The highest BCUT2D eigenvalue weighted by Crippen LogP contribution is 2.22. The zero-order chi connectivity index (χ0) is 18.6. The number of hydrogen-bond donors (Lipinski definition) is 2. The molecule has 2 N–H and O–H groups in total. The van der Waals surface area contributed by atoms with Crippen molar-refractivity contribution in [2.75, 3.05) is 31.1 Å². The highest BCUT2D eigenvalue weighted by atomic mass is 16.1. The number of nitrogens with zero attached hydrogens (tertiary/aromatic N) is 3. The van der Waals surface area contributed by atoms with Crippen molar-refractivity contribution in [1.29, 1.82) is 0 Å². The van der Waals surface area contributed by atoms with Crippen molar-refractivity contribution in [3.63, 3.8) is 0 Å². The summed E-state index contributed by atoms with van der Waals surface area (Å²) in [6.07, 6.45) is 6.62. The number of carbonyl (C=O) groups excluding carboxylic acids is 1. The molecule has 0 atom stereocenters. The Labute approximate surface area is 158 Å². The van der Waals surface area contributed by atoms with Gasteiger partial charge in [0, 0.05) is 60.6 Å². The minimum absolute atomic E-state index is 0.0906. The van der Waals surface area contributed by atoms with Gasteiger partial charge < -0.3 is 15.2 Å². The van der Waals surface area contributed by atoms with Crippen LogP contribution < -0.4 is 10.2 Å². The first-order valence-corrected chi connectivity index (χ1v) is 9.29. The Morgan fingerprint density at radius 2 is 2.07 bits per heavy atom. The third kappa shape index (κ3) is 3.75. The Hall–Kier alpha value is -2.99. The van der Waals surface area contributed by atoms with Crippen LogP contribution in [-0.2, 0) is 0 Å². The molecule has 0 saturated carbocycles. The maximum absolute atomic E-state index is 13.2. The average Bonchev–Trinajstić information content (AvgIpc) is 3.10. The summed E-state index contributed by atoms with van der Waals surface area (Å²) in [5.74, 6) is 0.768. The molecule has 0 bridgehead atoms. The molecule has 0 aromatic carbocycles. The molecule has 27 heavy (non-hydrogen) atoms. The summed E-state index contributed by atoms with van der Waals surface area (Å²) in [5.41, 5.74) is 3.69. The second-order valence-electron chi connectivity index (χ2n) is 6.76. The summed E-state index contributed by atoms with van der Waals surface area (Å²) in [6.45, 7) is 5.65. The van der Waals surface area contributed by atoms with E-state index in [0.717, 1.165) is 49.5 Å². The highest BCUT2D eigenvalue weighted by Gasteiger charge is 2.18. The lowest BCUT2D eigenvalue weighted by molar-refractivity contribution is 0.103. The maximum atomic E-state index is 13.2. The van der Waals surface area contributed by atoms with Crippen molar-refractivity contribution in [2.45, 2.75) is 13.3 Å². The van der Waals surface area contributed by atoms with Gasteiger partial charge in [0.25, 0.3) is 0 Å². The maximum Gasteiger partial charge on any atom is 0.213 e. The van der Waals surface area contributed by atoms with Gasteiger partial charge in [0.1, 0.15) is 11.5 Å². The molecule has 6 nitrogen and oxygen atoms in total. The van der Waals surface area contributed by atoms with E-state index in [1.807, 2.05) is 43.6 Å². The molecular weight excluding hydrogens is 338 g/mol. The van der Waals surface area contributed by atoms with Gasteiger partial charge in [0.15, 0.2) is 0 Å². The molecule has 0 unspecified atom stereocenters. The van der Waals surface area contributed by atoms with E-state index in [1.54, 1.807) is 12.3 Å². The van der Waals surface area contributed by atoms with Crippen LogP contribution in [-0.4, -0.2) is 46.9 Å². The molecule has 138 valence electrons. The van der Waals surface area contributed by atoms with Crippen molar-refractivity contribution < 1.29 is 4.79 Å². The van der Waals surface area contributed by atoms with Gasteiger partial charge in [-0.3, -0.25) is 9.78 Å².